The zero-order valence-corrected chi connectivity index (χ0v) is 16.8. The Bertz CT molecular complexity index is 1000. The molecule has 0 aliphatic rings. The minimum Gasteiger partial charge on any atom is -0.465 e. The number of rotatable bonds is 5. The van der Waals surface area contributed by atoms with E-state index in [1.165, 1.54) is 16.7 Å². The van der Waals surface area contributed by atoms with E-state index in [0.29, 0.717) is 5.90 Å². The van der Waals surface area contributed by atoms with Crippen LogP contribution >= 0.6 is 0 Å². The number of benzene rings is 3. The van der Waals surface area contributed by atoms with Crippen molar-refractivity contribution in [3.05, 3.63) is 101 Å². The normalized spacial score (nSPS) is 11.6. The first kappa shape index (κ1) is 19.4. The van der Waals surface area contributed by atoms with Gasteiger partial charge in [0, 0.05) is 6.08 Å². The number of aryl methyl sites for hydroxylation is 4. The quantitative estimate of drug-likeness (QED) is 0.286. The van der Waals surface area contributed by atoms with Crippen LogP contribution in [0.2, 0.25) is 0 Å². The van der Waals surface area contributed by atoms with Gasteiger partial charge >= 0.3 is 0 Å². The van der Waals surface area contributed by atoms with Crippen molar-refractivity contribution in [2.24, 2.45) is 4.99 Å². The monoisotopic (exact) mass is 371 g/mol. The Labute approximate surface area is 167 Å². The summed E-state index contributed by atoms with van der Waals surface area (Å²) in [7, 11) is 0. The standard InChI is InChI=1S/C25H25NO2/c1-18-8-12-23(13-9-18)27-15-14-25(28-24-7-5-6-19(2)16-24)26-22-11-10-20(3)21(4)17-22/h5-17H,1-4H3. The predicted molar refractivity (Wildman–Crippen MR) is 116 cm³/mol. The highest BCUT2D eigenvalue weighted by molar-refractivity contribution is 5.91. The maximum atomic E-state index is 6.01. The van der Waals surface area contributed by atoms with E-state index in [0.717, 1.165) is 22.7 Å². The van der Waals surface area contributed by atoms with Crippen LogP contribution in [0.5, 0.6) is 11.5 Å². The second-order valence-electron chi connectivity index (χ2n) is 6.87. The van der Waals surface area contributed by atoms with Crippen molar-refractivity contribution < 1.29 is 9.47 Å². The summed E-state index contributed by atoms with van der Waals surface area (Å²) in [6.07, 6.45) is 3.33. The fourth-order valence-corrected chi connectivity index (χ4v) is 2.60. The Balaban J connectivity index is 1.84. The molecule has 3 aromatic rings. The van der Waals surface area contributed by atoms with Gasteiger partial charge in [-0.3, -0.25) is 0 Å². The molecule has 142 valence electrons. The molecule has 3 heteroatoms. The van der Waals surface area contributed by atoms with Gasteiger partial charge in [-0.05, 0) is 80.8 Å². The molecular weight excluding hydrogens is 346 g/mol. The topological polar surface area (TPSA) is 30.8 Å². The minimum atomic E-state index is 0.459. The molecule has 0 spiro atoms. The Hall–Kier alpha value is -3.33. The minimum absolute atomic E-state index is 0.459. The van der Waals surface area contributed by atoms with Gasteiger partial charge in [-0.1, -0.05) is 35.9 Å². The van der Waals surface area contributed by atoms with Gasteiger partial charge in [0.05, 0.1) is 11.9 Å². The first-order valence-corrected chi connectivity index (χ1v) is 9.30. The van der Waals surface area contributed by atoms with Crippen LogP contribution in [-0.4, -0.2) is 5.90 Å². The molecule has 28 heavy (non-hydrogen) atoms. The van der Waals surface area contributed by atoms with Crippen LogP contribution in [0.3, 0.4) is 0 Å². The van der Waals surface area contributed by atoms with Gasteiger partial charge in [-0.15, -0.1) is 0 Å². The maximum absolute atomic E-state index is 6.01. The SMILES string of the molecule is Cc1ccc(OC=CC(=Nc2ccc(C)c(C)c2)Oc2cccc(C)c2)cc1. The Morgan fingerprint density at radius 2 is 1.54 bits per heavy atom. The Morgan fingerprint density at radius 3 is 2.25 bits per heavy atom. The van der Waals surface area contributed by atoms with Crippen LogP contribution in [0, 0.1) is 27.7 Å². The third-order valence-electron chi connectivity index (χ3n) is 4.38. The third kappa shape index (κ3) is 5.58. The summed E-state index contributed by atoms with van der Waals surface area (Å²) >= 11 is 0. The second kappa shape index (κ2) is 9.05. The van der Waals surface area contributed by atoms with Crippen molar-refractivity contribution >= 4 is 11.6 Å². The molecule has 0 N–H and O–H groups in total. The van der Waals surface area contributed by atoms with Crippen molar-refractivity contribution in [3.63, 3.8) is 0 Å². The number of aliphatic imine (C=N–C) groups is 1. The van der Waals surface area contributed by atoms with Crippen molar-refractivity contribution in [1.82, 2.24) is 0 Å². The second-order valence-corrected chi connectivity index (χ2v) is 6.87. The van der Waals surface area contributed by atoms with E-state index < -0.39 is 0 Å². The van der Waals surface area contributed by atoms with Crippen LogP contribution in [0.25, 0.3) is 0 Å². The fraction of sp³-hybridized carbons (Fsp3) is 0.160. The van der Waals surface area contributed by atoms with Crippen LogP contribution in [-0.2, 0) is 0 Å². The molecule has 0 unspecified atom stereocenters. The summed E-state index contributed by atoms with van der Waals surface area (Å²) < 4.78 is 11.7. The molecule has 3 nitrogen and oxygen atoms in total. The lowest BCUT2D eigenvalue weighted by Gasteiger charge is -2.08. The average molecular weight is 371 g/mol. The molecular formula is C25H25NO2. The molecule has 3 rings (SSSR count). The molecule has 0 aromatic heterocycles. The van der Waals surface area contributed by atoms with E-state index in [1.54, 1.807) is 12.3 Å². The highest BCUT2D eigenvalue weighted by atomic mass is 16.5. The van der Waals surface area contributed by atoms with E-state index in [-0.39, 0.29) is 0 Å². The molecule has 0 atom stereocenters. The summed E-state index contributed by atoms with van der Waals surface area (Å²) in [5.74, 6) is 1.96. The Kier molecular flexibility index (Phi) is 6.28. The summed E-state index contributed by atoms with van der Waals surface area (Å²) in [6.45, 7) is 8.24. The molecule has 0 radical (unpaired) electrons. The van der Waals surface area contributed by atoms with E-state index in [9.17, 15) is 0 Å². The van der Waals surface area contributed by atoms with Crippen LogP contribution in [0.4, 0.5) is 5.69 Å². The molecule has 0 amide bonds. The lowest BCUT2D eigenvalue weighted by molar-refractivity contribution is 0.478. The largest absolute Gasteiger partial charge is 0.465 e. The molecule has 0 bridgehead atoms. The van der Waals surface area contributed by atoms with Crippen LogP contribution < -0.4 is 9.47 Å². The number of hydrogen-bond acceptors (Lipinski definition) is 3. The highest BCUT2D eigenvalue weighted by Crippen LogP contribution is 2.20. The molecule has 0 aliphatic heterocycles. The lowest BCUT2D eigenvalue weighted by Crippen LogP contribution is -2.05. The third-order valence-corrected chi connectivity index (χ3v) is 4.38. The molecule has 3 aromatic carbocycles. The summed E-state index contributed by atoms with van der Waals surface area (Å²) in [4.78, 5) is 4.66. The van der Waals surface area contributed by atoms with Gasteiger partial charge in [0.15, 0.2) is 0 Å². The van der Waals surface area contributed by atoms with Gasteiger partial charge in [0.2, 0.25) is 5.90 Å². The number of hydrogen-bond donors (Lipinski definition) is 0. The molecule has 0 saturated carbocycles. The van der Waals surface area contributed by atoms with Gasteiger partial charge < -0.3 is 9.47 Å². The fourth-order valence-electron chi connectivity index (χ4n) is 2.60. The number of ether oxygens (including phenoxy) is 2. The van der Waals surface area contributed by atoms with Gasteiger partial charge in [-0.25, -0.2) is 4.99 Å². The summed E-state index contributed by atoms with van der Waals surface area (Å²) in [5.41, 5.74) is 5.58. The summed E-state index contributed by atoms with van der Waals surface area (Å²) in [5, 5.41) is 0. The highest BCUT2D eigenvalue weighted by Gasteiger charge is 2.03. The van der Waals surface area contributed by atoms with Crippen molar-refractivity contribution in [2.45, 2.75) is 27.7 Å². The molecule has 0 heterocycles. The molecule has 0 aliphatic carbocycles. The lowest BCUT2D eigenvalue weighted by atomic mass is 10.1. The average Bonchev–Trinajstić information content (AvgIpc) is 2.66. The predicted octanol–water partition coefficient (Wildman–Crippen LogP) is 6.62. The zero-order chi connectivity index (χ0) is 19.9. The Morgan fingerprint density at radius 1 is 0.750 bits per heavy atom. The van der Waals surface area contributed by atoms with E-state index in [2.05, 4.69) is 24.9 Å². The molecule has 0 saturated heterocycles. The van der Waals surface area contributed by atoms with Crippen LogP contribution in [0.15, 0.2) is 84.1 Å². The zero-order valence-electron chi connectivity index (χ0n) is 16.8. The first-order chi connectivity index (χ1) is 13.5. The summed E-state index contributed by atoms with van der Waals surface area (Å²) in [6, 6.07) is 21.9. The van der Waals surface area contributed by atoms with Crippen LogP contribution in [0.1, 0.15) is 22.3 Å². The van der Waals surface area contributed by atoms with Gasteiger partial charge in [0.25, 0.3) is 0 Å². The number of nitrogens with zero attached hydrogens (tertiary/aromatic N) is 1. The van der Waals surface area contributed by atoms with Gasteiger partial charge in [-0.2, -0.15) is 0 Å². The molecule has 0 fully saturated rings. The van der Waals surface area contributed by atoms with Crippen molar-refractivity contribution in [2.75, 3.05) is 0 Å². The van der Waals surface area contributed by atoms with E-state index >= 15 is 0 Å². The van der Waals surface area contributed by atoms with E-state index in [1.807, 2.05) is 74.5 Å². The maximum Gasteiger partial charge on any atom is 0.222 e. The smallest absolute Gasteiger partial charge is 0.222 e. The van der Waals surface area contributed by atoms with E-state index in [4.69, 9.17) is 9.47 Å². The van der Waals surface area contributed by atoms with Crippen molar-refractivity contribution in [1.29, 1.82) is 0 Å². The van der Waals surface area contributed by atoms with Crippen molar-refractivity contribution in [3.8, 4) is 11.5 Å². The first-order valence-electron chi connectivity index (χ1n) is 9.30. The van der Waals surface area contributed by atoms with Gasteiger partial charge in [0.1, 0.15) is 11.5 Å².